The molecule has 0 aliphatic carbocycles. The molecule has 0 aromatic rings. The molecule has 0 rings (SSSR count). The summed E-state index contributed by atoms with van der Waals surface area (Å²) in [5.41, 5.74) is 0. The Hall–Kier alpha value is 0.539. The average Bonchev–Trinajstić information content (AvgIpc) is 1.37. The van der Waals surface area contributed by atoms with Crippen molar-refractivity contribution in [3.8, 4) is 0 Å². The molecule has 0 aliphatic heterocycles. The van der Waals surface area contributed by atoms with Gasteiger partial charge >= 0.3 is 39.6 Å². The quantitative estimate of drug-likeness (QED) is 0.382. The zero-order chi connectivity index (χ0) is 3.41. The summed E-state index contributed by atoms with van der Waals surface area (Å²) in [7, 11) is 0. The molecule has 23 valence electrons. The van der Waals surface area contributed by atoms with Crippen molar-refractivity contribution < 1.29 is 0 Å². The van der Waals surface area contributed by atoms with E-state index in [0.29, 0.717) is 0 Å². The fourth-order valence-electron chi connectivity index (χ4n) is 0. The van der Waals surface area contributed by atoms with E-state index >= 15 is 0 Å². The van der Waals surface area contributed by atoms with Gasteiger partial charge in [0.25, 0.3) is 0 Å². The number of hydrogen-bond acceptors (Lipinski definition) is 0. The fourth-order valence-corrected chi connectivity index (χ4v) is 0. The van der Waals surface area contributed by atoms with Crippen molar-refractivity contribution in [2.24, 2.45) is 0 Å². The van der Waals surface area contributed by atoms with Gasteiger partial charge in [0.2, 0.25) is 0 Å². The predicted octanol–water partition coefficient (Wildman–Crippen LogP) is 0.224. The van der Waals surface area contributed by atoms with Crippen LogP contribution < -0.4 is 0 Å². The number of hydrogen-bond donors (Lipinski definition) is 0. The average molecular weight is 162 g/mol. The Bertz CT molecular complexity index is 17.2. The van der Waals surface area contributed by atoms with Crippen LogP contribution in [0.4, 0.5) is 0 Å². The Kier molecular flexibility index (Phi) is 4.02. The van der Waals surface area contributed by atoms with Crippen LogP contribution in [-0.2, 0) is 0 Å². The van der Waals surface area contributed by atoms with E-state index in [2.05, 4.69) is 6.58 Å². The predicted molar refractivity (Wildman–Crippen MR) is 23.5 cm³/mol. The third-order valence-corrected chi connectivity index (χ3v) is 1.37. The van der Waals surface area contributed by atoms with E-state index in [4.69, 9.17) is 0 Å². The monoisotopic (exact) mass is 163 g/mol. The van der Waals surface area contributed by atoms with Gasteiger partial charge in [-0.1, -0.05) is 0 Å². The van der Waals surface area contributed by atoms with Crippen molar-refractivity contribution in [2.45, 2.75) is 4.44 Å². The van der Waals surface area contributed by atoms with Crippen molar-refractivity contribution in [1.29, 1.82) is 0 Å². The minimum absolute atomic E-state index is 1.09. The molecule has 0 unspecified atom stereocenters. The third kappa shape index (κ3) is 2.54. The summed E-state index contributed by atoms with van der Waals surface area (Å²) in [4.78, 5) is 0. The molecule has 0 fully saturated rings. The van der Waals surface area contributed by atoms with Crippen molar-refractivity contribution in [3.63, 3.8) is 0 Å². The summed E-state index contributed by atoms with van der Waals surface area (Å²) in [6.07, 6.45) is 1.95. The van der Waals surface area contributed by atoms with Gasteiger partial charge in [0.15, 0.2) is 0 Å². The molecule has 1 radical (unpaired) electrons. The molecule has 1 heteroatoms. The van der Waals surface area contributed by atoms with Crippen LogP contribution in [-0.4, -0.2) is 22.5 Å². The standard InChI is InChI=1S/C3H5.Sn.2H/c1-3-2;;;/h3H,1-2H2;;;. The first-order chi connectivity index (χ1) is 1.91. The van der Waals surface area contributed by atoms with E-state index in [1.165, 1.54) is 4.44 Å². The summed E-state index contributed by atoms with van der Waals surface area (Å²) < 4.78 is 1.25. The Morgan fingerprint density at radius 3 is 2.25 bits per heavy atom. The molecule has 4 heavy (non-hydrogen) atoms. The summed E-state index contributed by atoms with van der Waals surface area (Å²) in [6.45, 7) is 3.52. The van der Waals surface area contributed by atoms with E-state index in [-0.39, 0.29) is 0 Å². The van der Waals surface area contributed by atoms with Crippen LogP contribution in [0.2, 0.25) is 4.44 Å². The molecule has 0 aliphatic rings. The van der Waals surface area contributed by atoms with E-state index in [1.54, 1.807) is 0 Å². The van der Waals surface area contributed by atoms with Crippen molar-refractivity contribution in [1.82, 2.24) is 0 Å². The van der Waals surface area contributed by atoms with Gasteiger partial charge in [-0.2, -0.15) is 0 Å². The Morgan fingerprint density at radius 1 is 2.00 bits per heavy atom. The molecule has 0 bridgehead atoms. The number of allylic oxidation sites excluding steroid dienone is 1. The first kappa shape index (κ1) is 4.54. The van der Waals surface area contributed by atoms with Crippen LogP contribution in [0, 0.1) is 0 Å². The number of rotatable bonds is 1. The molecular weight excluding hydrogens is 155 g/mol. The second-order valence-electron chi connectivity index (χ2n) is 0.577. The summed E-state index contributed by atoms with van der Waals surface area (Å²) in [6, 6.07) is 0. The molecule has 0 nitrogen and oxygen atoms in total. The molecule has 0 heterocycles. The second-order valence-corrected chi connectivity index (χ2v) is 2.23. The molecular formula is C3H7Sn. The van der Waals surface area contributed by atoms with Crippen LogP contribution in [0.5, 0.6) is 0 Å². The van der Waals surface area contributed by atoms with E-state index < -0.39 is 0 Å². The molecule has 0 aromatic heterocycles. The molecule has 0 atom stereocenters. The van der Waals surface area contributed by atoms with Gasteiger partial charge in [0.1, 0.15) is 0 Å². The summed E-state index contributed by atoms with van der Waals surface area (Å²) >= 11 is 1.09. The van der Waals surface area contributed by atoms with Crippen molar-refractivity contribution in [2.75, 3.05) is 0 Å². The maximum atomic E-state index is 3.52. The van der Waals surface area contributed by atoms with Gasteiger partial charge in [-0.15, -0.1) is 0 Å². The molecule has 0 amide bonds. The molecule has 0 saturated heterocycles. The Morgan fingerprint density at radius 2 is 2.25 bits per heavy atom. The summed E-state index contributed by atoms with van der Waals surface area (Å²) in [5, 5.41) is 0. The molecule has 0 N–H and O–H groups in total. The van der Waals surface area contributed by atoms with Gasteiger partial charge in [0, 0.05) is 0 Å². The fraction of sp³-hybridized carbons (Fsp3) is 0.333. The zero-order valence-corrected chi connectivity index (χ0v) is 6.73. The van der Waals surface area contributed by atoms with Crippen LogP contribution in [0.25, 0.3) is 0 Å². The third-order valence-electron chi connectivity index (χ3n) is 0.204. The molecule has 0 aromatic carbocycles. The summed E-state index contributed by atoms with van der Waals surface area (Å²) in [5.74, 6) is 0. The van der Waals surface area contributed by atoms with Gasteiger partial charge in [0.05, 0.1) is 0 Å². The van der Waals surface area contributed by atoms with Crippen LogP contribution in [0.3, 0.4) is 0 Å². The second kappa shape index (κ2) is 3.54. The van der Waals surface area contributed by atoms with Crippen molar-refractivity contribution >= 4 is 22.5 Å². The van der Waals surface area contributed by atoms with Crippen LogP contribution in [0.1, 0.15) is 0 Å². The van der Waals surface area contributed by atoms with Crippen LogP contribution >= 0.6 is 0 Å². The Labute approximate surface area is 40.0 Å². The molecule has 0 spiro atoms. The van der Waals surface area contributed by atoms with Gasteiger partial charge < -0.3 is 0 Å². The Balaban J connectivity index is 2.30. The SMILES string of the molecule is C=C[CH2][SnH2]. The molecule has 0 saturated carbocycles. The van der Waals surface area contributed by atoms with Crippen molar-refractivity contribution in [3.05, 3.63) is 12.7 Å². The maximum absolute atomic E-state index is 3.52. The van der Waals surface area contributed by atoms with Gasteiger partial charge in [-0.05, 0) is 0 Å². The van der Waals surface area contributed by atoms with Gasteiger partial charge in [-0.3, -0.25) is 0 Å². The first-order valence-electron chi connectivity index (χ1n) is 1.32. The van der Waals surface area contributed by atoms with E-state index in [1.807, 2.05) is 6.08 Å². The normalized spacial score (nSPS) is 6.25. The zero-order valence-electron chi connectivity index (χ0n) is 2.70. The van der Waals surface area contributed by atoms with Gasteiger partial charge in [-0.25, -0.2) is 0 Å². The van der Waals surface area contributed by atoms with E-state index in [9.17, 15) is 0 Å². The first-order valence-corrected chi connectivity index (χ1v) is 4.17. The minimum atomic E-state index is 1.09. The topological polar surface area (TPSA) is 0 Å². The van der Waals surface area contributed by atoms with E-state index in [0.717, 1.165) is 22.5 Å². The van der Waals surface area contributed by atoms with Crippen LogP contribution in [0.15, 0.2) is 12.7 Å².